The van der Waals surface area contributed by atoms with Gasteiger partial charge >= 0.3 is 0 Å². The third-order valence-corrected chi connectivity index (χ3v) is 2.88. The summed E-state index contributed by atoms with van der Waals surface area (Å²) in [6, 6.07) is 16.9. The largest absolute Gasteiger partial charge is 0.497 e. The van der Waals surface area contributed by atoms with Crippen LogP contribution in [0.4, 0.5) is 0 Å². The van der Waals surface area contributed by atoms with Gasteiger partial charge in [-0.15, -0.1) is 0 Å². The number of benzene rings is 2. The van der Waals surface area contributed by atoms with Gasteiger partial charge in [-0.25, -0.2) is 0 Å². The Morgan fingerprint density at radius 3 is 2.50 bits per heavy atom. The van der Waals surface area contributed by atoms with Crippen molar-refractivity contribution < 1.29 is 9.47 Å². The zero-order valence-corrected chi connectivity index (χ0v) is 10.8. The molecule has 0 aliphatic carbocycles. The Morgan fingerprint density at radius 1 is 1.06 bits per heavy atom. The molecule has 2 aromatic carbocycles. The number of aryl methyl sites for hydroxylation is 1. The second kappa shape index (κ2) is 6.22. The maximum Gasteiger partial charge on any atom is 0.118 e. The van der Waals surface area contributed by atoms with E-state index in [-0.39, 0.29) is 0 Å². The molecule has 2 rings (SSSR count). The zero-order chi connectivity index (χ0) is 12.8. The van der Waals surface area contributed by atoms with Crippen molar-refractivity contribution in [1.82, 2.24) is 0 Å². The summed E-state index contributed by atoms with van der Waals surface area (Å²) in [6.45, 7) is 3.31. The standard InChI is InChI=1S/C16H17O2/c1-13-5-3-4-6-15(13)12-18-11-14-7-9-16(17-2)10-8-14/h3,5-10H,11-12H2,1-2H3. The molecule has 0 aliphatic heterocycles. The fraction of sp³-hybridized carbons (Fsp3) is 0.250. The highest BCUT2D eigenvalue weighted by molar-refractivity contribution is 5.27. The van der Waals surface area contributed by atoms with Crippen molar-refractivity contribution in [3.05, 3.63) is 65.2 Å². The number of hydrogen-bond donors (Lipinski definition) is 0. The molecule has 0 bridgehead atoms. The Hall–Kier alpha value is -1.80. The average molecular weight is 241 g/mol. The minimum atomic E-state index is 0.609. The van der Waals surface area contributed by atoms with Crippen molar-refractivity contribution in [2.45, 2.75) is 20.1 Å². The summed E-state index contributed by atoms with van der Waals surface area (Å²) in [5.74, 6) is 0.868. The van der Waals surface area contributed by atoms with Gasteiger partial charge < -0.3 is 9.47 Å². The van der Waals surface area contributed by atoms with Crippen molar-refractivity contribution in [2.75, 3.05) is 7.11 Å². The molecule has 2 aromatic rings. The second-order valence-electron chi connectivity index (χ2n) is 4.19. The summed E-state index contributed by atoms with van der Waals surface area (Å²) in [4.78, 5) is 0. The molecule has 0 saturated heterocycles. The van der Waals surface area contributed by atoms with E-state index in [1.165, 1.54) is 11.1 Å². The summed E-state index contributed by atoms with van der Waals surface area (Å²) in [5, 5.41) is 0. The van der Waals surface area contributed by atoms with Crippen LogP contribution >= 0.6 is 0 Å². The molecule has 0 amide bonds. The first-order valence-corrected chi connectivity index (χ1v) is 5.96. The molecular weight excluding hydrogens is 224 g/mol. The maximum absolute atomic E-state index is 5.70. The Morgan fingerprint density at radius 2 is 1.83 bits per heavy atom. The van der Waals surface area contributed by atoms with Crippen molar-refractivity contribution in [2.24, 2.45) is 0 Å². The summed E-state index contributed by atoms with van der Waals surface area (Å²) < 4.78 is 10.8. The number of hydrogen-bond acceptors (Lipinski definition) is 2. The summed E-state index contributed by atoms with van der Waals surface area (Å²) in [6.07, 6.45) is 0. The summed E-state index contributed by atoms with van der Waals surface area (Å²) >= 11 is 0. The minimum absolute atomic E-state index is 0.609. The van der Waals surface area contributed by atoms with Gasteiger partial charge in [-0.1, -0.05) is 24.3 Å². The molecule has 0 atom stereocenters. The van der Waals surface area contributed by atoms with Crippen LogP contribution in [0.1, 0.15) is 16.7 Å². The average Bonchev–Trinajstić information content (AvgIpc) is 2.42. The monoisotopic (exact) mass is 241 g/mol. The van der Waals surface area contributed by atoms with E-state index in [0.717, 1.165) is 11.3 Å². The van der Waals surface area contributed by atoms with Crippen molar-refractivity contribution >= 4 is 0 Å². The molecule has 0 aliphatic rings. The lowest BCUT2D eigenvalue weighted by Gasteiger charge is -2.07. The fourth-order valence-corrected chi connectivity index (χ4v) is 1.70. The molecule has 0 spiro atoms. The topological polar surface area (TPSA) is 18.5 Å². The Kier molecular flexibility index (Phi) is 4.37. The van der Waals surface area contributed by atoms with Crippen LogP contribution in [0.25, 0.3) is 0 Å². The van der Waals surface area contributed by atoms with Gasteiger partial charge in [0.05, 0.1) is 20.3 Å². The minimum Gasteiger partial charge on any atom is -0.497 e. The molecule has 0 fully saturated rings. The number of methoxy groups -OCH3 is 1. The van der Waals surface area contributed by atoms with Crippen LogP contribution in [-0.4, -0.2) is 7.11 Å². The van der Waals surface area contributed by atoms with E-state index in [2.05, 4.69) is 13.0 Å². The first-order valence-electron chi connectivity index (χ1n) is 5.96. The Bertz CT molecular complexity index is 489. The van der Waals surface area contributed by atoms with Crippen LogP contribution < -0.4 is 4.74 Å². The predicted molar refractivity (Wildman–Crippen MR) is 71.5 cm³/mol. The molecule has 0 unspecified atom stereocenters. The molecule has 18 heavy (non-hydrogen) atoms. The van der Waals surface area contributed by atoms with E-state index in [0.29, 0.717) is 13.2 Å². The maximum atomic E-state index is 5.70. The lowest BCUT2D eigenvalue weighted by atomic mass is 10.1. The second-order valence-corrected chi connectivity index (χ2v) is 4.19. The number of rotatable bonds is 5. The Labute approximate surface area is 108 Å². The normalized spacial score (nSPS) is 10.3. The van der Waals surface area contributed by atoms with Crippen LogP contribution in [0.5, 0.6) is 5.75 Å². The third kappa shape index (κ3) is 3.34. The quantitative estimate of drug-likeness (QED) is 0.797. The SMILES string of the molecule is COc1ccc(COCc2c[c]ccc2C)cc1. The summed E-state index contributed by atoms with van der Waals surface area (Å²) in [5.41, 5.74) is 3.57. The van der Waals surface area contributed by atoms with Gasteiger partial charge in [0, 0.05) is 0 Å². The lowest BCUT2D eigenvalue weighted by Crippen LogP contribution is -1.96. The van der Waals surface area contributed by atoms with E-state index in [1.54, 1.807) is 7.11 Å². The zero-order valence-electron chi connectivity index (χ0n) is 10.8. The first kappa shape index (κ1) is 12.7. The molecule has 0 N–H and O–H groups in total. The van der Waals surface area contributed by atoms with Crippen LogP contribution in [0.2, 0.25) is 0 Å². The van der Waals surface area contributed by atoms with Gasteiger partial charge in [0.25, 0.3) is 0 Å². The van der Waals surface area contributed by atoms with Gasteiger partial charge in [0.15, 0.2) is 0 Å². The highest BCUT2D eigenvalue weighted by atomic mass is 16.5. The van der Waals surface area contributed by atoms with Crippen LogP contribution in [0.15, 0.2) is 42.5 Å². The van der Waals surface area contributed by atoms with E-state index < -0.39 is 0 Å². The highest BCUT2D eigenvalue weighted by Gasteiger charge is 1.98. The molecule has 0 saturated carbocycles. The molecule has 0 aromatic heterocycles. The molecular formula is C16H17O2. The van der Waals surface area contributed by atoms with Gasteiger partial charge in [-0.2, -0.15) is 0 Å². The molecule has 93 valence electrons. The van der Waals surface area contributed by atoms with E-state index >= 15 is 0 Å². The fourth-order valence-electron chi connectivity index (χ4n) is 1.70. The third-order valence-electron chi connectivity index (χ3n) is 2.88. The first-order chi connectivity index (χ1) is 8.79. The van der Waals surface area contributed by atoms with Crippen molar-refractivity contribution in [3.8, 4) is 5.75 Å². The summed E-state index contributed by atoms with van der Waals surface area (Å²) in [7, 11) is 1.67. The molecule has 0 heterocycles. The highest BCUT2D eigenvalue weighted by Crippen LogP contribution is 2.13. The van der Waals surface area contributed by atoms with Crippen molar-refractivity contribution in [3.63, 3.8) is 0 Å². The van der Waals surface area contributed by atoms with E-state index in [1.807, 2.05) is 42.5 Å². The van der Waals surface area contributed by atoms with E-state index in [4.69, 9.17) is 9.47 Å². The molecule has 2 heteroatoms. The van der Waals surface area contributed by atoms with Gasteiger partial charge in [-0.3, -0.25) is 0 Å². The molecule has 2 nitrogen and oxygen atoms in total. The smallest absolute Gasteiger partial charge is 0.118 e. The van der Waals surface area contributed by atoms with Gasteiger partial charge in [0.1, 0.15) is 5.75 Å². The van der Waals surface area contributed by atoms with Gasteiger partial charge in [0.2, 0.25) is 0 Å². The predicted octanol–water partition coefficient (Wildman–Crippen LogP) is 3.52. The van der Waals surface area contributed by atoms with Crippen LogP contribution in [0, 0.1) is 13.0 Å². The van der Waals surface area contributed by atoms with Crippen molar-refractivity contribution in [1.29, 1.82) is 0 Å². The Balaban J connectivity index is 1.86. The van der Waals surface area contributed by atoms with Crippen LogP contribution in [0.3, 0.4) is 0 Å². The number of ether oxygens (including phenoxy) is 2. The van der Waals surface area contributed by atoms with Crippen LogP contribution in [-0.2, 0) is 18.0 Å². The molecule has 1 radical (unpaired) electrons. The van der Waals surface area contributed by atoms with E-state index in [9.17, 15) is 0 Å². The lowest BCUT2D eigenvalue weighted by molar-refractivity contribution is 0.107. The van der Waals surface area contributed by atoms with Gasteiger partial charge in [-0.05, 0) is 47.9 Å².